The molecule has 1 aromatic carbocycles. The lowest BCUT2D eigenvalue weighted by molar-refractivity contribution is -0.386. The Balaban J connectivity index is 2.38. The standard InChI is InChI=1S/C21H18N4O7/c1-23-8-4-6-13(20(23)28)7-5-9-24(2)21(29)15(12-22)18(26)14-10-16(25(30)31)19(27)17(11-14)32-3/h4,6,8,10-11,26-27H,9H2,1-3H3/b18-15-. The summed E-state index contributed by atoms with van der Waals surface area (Å²) in [6, 6.07) is 6.59. The van der Waals surface area contributed by atoms with E-state index in [1.54, 1.807) is 25.4 Å². The molecular weight excluding hydrogens is 420 g/mol. The number of amides is 1. The van der Waals surface area contributed by atoms with Gasteiger partial charge in [-0.1, -0.05) is 11.8 Å². The highest BCUT2D eigenvalue weighted by atomic mass is 16.6. The Morgan fingerprint density at radius 1 is 1.41 bits per heavy atom. The number of hydrogen-bond acceptors (Lipinski definition) is 8. The van der Waals surface area contributed by atoms with Gasteiger partial charge in [0.05, 0.1) is 24.1 Å². The largest absolute Gasteiger partial charge is 0.506 e. The maximum absolute atomic E-state index is 12.6. The van der Waals surface area contributed by atoms with Crippen molar-refractivity contribution in [1.29, 1.82) is 5.26 Å². The summed E-state index contributed by atoms with van der Waals surface area (Å²) in [6.45, 7) is -0.172. The van der Waals surface area contributed by atoms with E-state index in [4.69, 9.17) is 4.74 Å². The summed E-state index contributed by atoms with van der Waals surface area (Å²) in [7, 11) is 4.04. The number of aliphatic hydroxyl groups is 1. The number of aryl methyl sites for hydroxylation is 1. The van der Waals surface area contributed by atoms with Gasteiger partial charge in [-0.15, -0.1) is 0 Å². The van der Waals surface area contributed by atoms with Crippen molar-refractivity contribution in [1.82, 2.24) is 9.47 Å². The molecular formula is C21H18N4O7. The van der Waals surface area contributed by atoms with Gasteiger partial charge in [-0.05, 0) is 18.2 Å². The van der Waals surface area contributed by atoms with Crippen molar-refractivity contribution in [3.05, 3.63) is 67.6 Å². The van der Waals surface area contributed by atoms with Crippen LogP contribution in [0.15, 0.2) is 40.8 Å². The van der Waals surface area contributed by atoms with Crippen LogP contribution in [0, 0.1) is 33.3 Å². The number of carbonyl (C=O) groups is 1. The molecule has 11 nitrogen and oxygen atoms in total. The predicted molar refractivity (Wildman–Crippen MR) is 113 cm³/mol. The molecule has 32 heavy (non-hydrogen) atoms. The summed E-state index contributed by atoms with van der Waals surface area (Å²) in [5, 5.41) is 40.8. The van der Waals surface area contributed by atoms with E-state index >= 15 is 0 Å². The van der Waals surface area contributed by atoms with Gasteiger partial charge in [0.2, 0.25) is 5.75 Å². The van der Waals surface area contributed by atoms with E-state index in [-0.39, 0.29) is 29.0 Å². The van der Waals surface area contributed by atoms with Crippen LogP contribution in [0.2, 0.25) is 0 Å². The second-order valence-electron chi connectivity index (χ2n) is 6.44. The first-order valence-corrected chi connectivity index (χ1v) is 8.91. The number of ether oxygens (including phenoxy) is 1. The zero-order valence-corrected chi connectivity index (χ0v) is 17.3. The Labute approximate surface area is 182 Å². The smallest absolute Gasteiger partial charge is 0.315 e. The topological polar surface area (TPSA) is 159 Å². The molecule has 1 aromatic heterocycles. The highest BCUT2D eigenvalue weighted by Gasteiger charge is 2.25. The highest BCUT2D eigenvalue weighted by Crippen LogP contribution is 2.38. The van der Waals surface area contributed by atoms with Gasteiger partial charge in [0, 0.05) is 31.9 Å². The number of nitriles is 1. The summed E-state index contributed by atoms with van der Waals surface area (Å²) in [5.74, 6) is 2.45. The van der Waals surface area contributed by atoms with E-state index < -0.39 is 33.6 Å². The Morgan fingerprint density at radius 2 is 2.09 bits per heavy atom. The van der Waals surface area contributed by atoms with Crippen molar-refractivity contribution in [2.75, 3.05) is 20.7 Å². The number of phenols is 1. The van der Waals surface area contributed by atoms with Crippen molar-refractivity contribution in [2.24, 2.45) is 7.05 Å². The van der Waals surface area contributed by atoms with E-state index in [0.717, 1.165) is 24.1 Å². The minimum Gasteiger partial charge on any atom is -0.506 e. The number of rotatable bonds is 5. The summed E-state index contributed by atoms with van der Waals surface area (Å²) >= 11 is 0. The molecule has 2 N–H and O–H groups in total. The van der Waals surface area contributed by atoms with Crippen LogP contribution in [0.3, 0.4) is 0 Å². The lowest BCUT2D eigenvalue weighted by Crippen LogP contribution is -2.29. The average Bonchev–Trinajstić information content (AvgIpc) is 2.76. The minimum absolute atomic E-state index is 0.172. The number of nitro groups is 1. The second kappa shape index (κ2) is 9.82. The van der Waals surface area contributed by atoms with Crippen LogP contribution in [0.4, 0.5) is 5.69 Å². The quantitative estimate of drug-likeness (QED) is 0.176. The van der Waals surface area contributed by atoms with Gasteiger partial charge >= 0.3 is 5.69 Å². The Morgan fingerprint density at radius 3 is 2.69 bits per heavy atom. The first-order valence-electron chi connectivity index (χ1n) is 8.91. The molecule has 0 aliphatic heterocycles. The van der Waals surface area contributed by atoms with Crippen LogP contribution >= 0.6 is 0 Å². The zero-order chi connectivity index (χ0) is 24.0. The fourth-order valence-electron chi connectivity index (χ4n) is 2.58. The first kappa shape index (κ1) is 23.5. The van der Waals surface area contributed by atoms with Gasteiger partial charge in [-0.2, -0.15) is 5.26 Å². The van der Waals surface area contributed by atoms with E-state index in [1.807, 2.05) is 0 Å². The monoisotopic (exact) mass is 438 g/mol. The summed E-state index contributed by atoms with van der Waals surface area (Å²) in [5.41, 5.74) is -1.85. The number of nitrogens with zero attached hydrogens (tertiary/aromatic N) is 4. The molecule has 2 aromatic rings. The van der Waals surface area contributed by atoms with Crippen LogP contribution < -0.4 is 10.3 Å². The fourth-order valence-corrected chi connectivity index (χ4v) is 2.58. The molecule has 1 heterocycles. The second-order valence-corrected chi connectivity index (χ2v) is 6.44. The van der Waals surface area contributed by atoms with Crippen LogP contribution in [-0.4, -0.2) is 51.2 Å². The number of phenolic OH excluding ortho intramolecular Hbond substituents is 1. The molecule has 0 aliphatic rings. The van der Waals surface area contributed by atoms with Crippen LogP contribution in [0.5, 0.6) is 11.5 Å². The Kier molecular flexibility index (Phi) is 7.22. The number of hydrogen-bond donors (Lipinski definition) is 2. The number of aromatic nitrogens is 1. The Bertz CT molecular complexity index is 1280. The number of aromatic hydroxyl groups is 1. The van der Waals surface area contributed by atoms with E-state index in [9.17, 15) is 35.2 Å². The predicted octanol–water partition coefficient (Wildman–Crippen LogP) is 1.31. The minimum atomic E-state index is -0.907. The van der Waals surface area contributed by atoms with Crippen molar-refractivity contribution in [2.45, 2.75) is 0 Å². The van der Waals surface area contributed by atoms with Gasteiger partial charge in [-0.3, -0.25) is 19.7 Å². The summed E-state index contributed by atoms with van der Waals surface area (Å²) in [6.07, 6.45) is 1.57. The molecule has 0 bridgehead atoms. The molecule has 0 saturated carbocycles. The molecule has 0 spiro atoms. The number of carbonyl (C=O) groups excluding carboxylic acids is 1. The number of benzene rings is 1. The van der Waals surface area contributed by atoms with Crippen molar-refractivity contribution < 1.29 is 24.7 Å². The fraction of sp³-hybridized carbons (Fsp3) is 0.190. The lowest BCUT2D eigenvalue weighted by Gasteiger charge is -2.14. The van der Waals surface area contributed by atoms with E-state index in [1.165, 1.54) is 17.7 Å². The van der Waals surface area contributed by atoms with Gasteiger partial charge in [0.15, 0.2) is 11.3 Å². The number of nitro benzene ring substituents is 1. The van der Waals surface area contributed by atoms with Crippen LogP contribution in [0.1, 0.15) is 11.1 Å². The number of likely N-dealkylation sites (N-methyl/N-ethyl adjacent to an activating group) is 1. The third-order valence-corrected chi connectivity index (χ3v) is 4.32. The van der Waals surface area contributed by atoms with Crippen molar-refractivity contribution in [3.63, 3.8) is 0 Å². The SMILES string of the molecule is COc1cc(/C(O)=C(\C#N)C(=O)N(C)CC#Cc2cccn(C)c2=O)cc([N+](=O)[O-])c1O. The maximum atomic E-state index is 12.6. The average molecular weight is 438 g/mol. The molecule has 0 aliphatic carbocycles. The van der Waals surface area contributed by atoms with Gasteiger partial charge < -0.3 is 24.4 Å². The molecule has 1 amide bonds. The molecule has 0 unspecified atom stereocenters. The van der Waals surface area contributed by atoms with Crippen molar-refractivity contribution >= 4 is 17.4 Å². The van der Waals surface area contributed by atoms with E-state index in [0.29, 0.717) is 0 Å². The molecule has 0 atom stereocenters. The molecule has 2 rings (SSSR count). The summed E-state index contributed by atoms with van der Waals surface area (Å²) in [4.78, 5) is 35.8. The molecule has 164 valence electrons. The summed E-state index contributed by atoms with van der Waals surface area (Å²) < 4.78 is 6.20. The van der Waals surface area contributed by atoms with E-state index in [2.05, 4.69) is 11.8 Å². The zero-order valence-electron chi connectivity index (χ0n) is 17.3. The highest BCUT2D eigenvalue weighted by molar-refractivity contribution is 6.03. The third-order valence-electron chi connectivity index (χ3n) is 4.32. The van der Waals surface area contributed by atoms with Crippen LogP contribution in [-0.2, 0) is 11.8 Å². The molecule has 0 radical (unpaired) electrons. The molecule has 0 fully saturated rings. The van der Waals surface area contributed by atoms with Crippen LogP contribution in [0.25, 0.3) is 5.76 Å². The maximum Gasteiger partial charge on any atom is 0.315 e. The third kappa shape index (κ3) is 4.86. The van der Waals surface area contributed by atoms with Gasteiger partial charge in [0.1, 0.15) is 11.8 Å². The number of methoxy groups -OCH3 is 1. The van der Waals surface area contributed by atoms with Gasteiger partial charge in [-0.25, -0.2) is 0 Å². The lowest BCUT2D eigenvalue weighted by atomic mass is 10.1. The number of aliphatic hydroxyl groups excluding tert-OH is 1. The van der Waals surface area contributed by atoms with Gasteiger partial charge in [0.25, 0.3) is 11.5 Å². The number of pyridine rings is 1. The van der Waals surface area contributed by atoms with Crippen molar-refractivity contribution in [3.8, 4) is 29.4 Å². The Hall–Kier alpha value is -4.77. The molecule has 0 saturated heterocycles. The first-order chi connectivity index (χ1) is 15.1. The molecule has 11 heteroatoms. The normalized spacial score (nSPS) is 10.8.